The molecule has 0 aromatic rings. The first kappa shape index (κ1) is 18.7. The molecular formula is C21H26O6. The van der Waals surface area contributed by atoms with E-state index >= 15 is 0 Å². The van der Waals surface area contributed by atoms with Crippen LogP contribution in [0.2, 0.25) is 0 Å². The Balaban J connectivity index is 1.79. The number of rotatable bonds is 2. The van der Waals surface area contributed by atoms with Crippen LogP contribution in [0.3, 0.4) is 0 Å². The van der Waals surface area contributed by atoms with E-state index in [0.29, 0.717) is 12.8 Å². The second-order valence-corrected chi connectivity index (χ2v) is 9.21. The van der Waals surface area contributed by atoms with Gasteiger partial charge in [-0.25, -0.2) is 0 Å². The summed E-state index contributed by atoms with van der Waals surface area (Å²) in [4.78, 5) is 35.3. The fourth-order valence-electron chi connectivity index (χ4n) is 6.87. The van der Waals surface area contributed by atoms with Crippen molar-refractivity contribution in [3.63, 3.8) is 0 Å². The van der Waals surface area contributed by atoms with E-state index in [-0.39, 0.29) is 42.7 Å². The molecular weight excluding hydrogens is 348 g/mol. The third kappa shape index (κ3) is 2.15. The Morgan fingerprint density at radius 1 is 1.30 bits per heavy atom. The molecule has 6 nitrogen and oxygen atoms in total. The van der Waals surface area contributed by atoms with E-state index in [9.17, 15) is 29.7 Å². The Morgan fingerprint density at radius 3 is 2.67 bits per heavy atom. The fourth-order valence-corrected chi connectivity index (χ4v) is 6.87. The molecule has 0 bridgehead atoms. The monoisotopic (exact) mass is 374 g/mol. The van der Waals surface area contributed by atoms with Gasteiger partial charge in [0, 0.05) is 16.7 Å². The number of fused-ring (bicyclic) bond motifs is 5. The van der Waals surface area contributed by atoms with Crippen molar-refractivity contribution in [2.75, 3.05) is 0 Å². The number of allylic oxidation sites excluding steroid dienone is 4. The smallest absolute Gasteiger partial charge is 0.229 e. The highest BCUT2D eigenvalue weighted by Crippen LogP contribution is 2.66. The number of aldehydes is 1. The Bertz CT molecular complexity index is 784. The number of hydrogen-bond acceptors (Lipinski definition) is 6. The lowest BCUT2D eigenvalue weighted by Gasteiger charge is -2.59. The lowest BCUT2D eigenvalue weighted by Crippen LogP contribution is -2.63. The minimum Gasteiger partial charge on any atom is -0.393 e. The summed E-state index contributed by atoms with van der Waals surface area (Å²) < 4.78 is 0. The van der Waals surface area contributed by atoms with Gasteiger partial charge in [0.1, 0.15) is 0 Å². The lowest BCUT2D eigenvalue weighted by atomic mass is 9.46. The van der Waals surface area contributed by atoms with E-state index in [2.05, 4.69) is 0 Å². The maximum Gasteiger partial charge on any atom is 0.229 e. The molecule has 0 heterocycles. The Labute approximate surface area is 158 Å². The van der Waals surface area contributed by atoms with Crippen LogP contribution in [0.1, 0.15) is 39.5 Å². The summed E-state index contributed by atoms with van der Waals surface area (Å²) in [5.74, 6) is -1.45. The maximum atomic E-state index is 12.3. The van der Waals surface area contributed by atoms with Gasteiger partial charge in [-0.1, -0.05) is 25.5 Å². The molecule has 146 valence electrons. The highest BCUT2D eigenvalue weighted by atomic mass is 16.4. The van der Waals surface area contributed by atoms with E-state index in [1.54, 1.807) is 19.1 Å². The zero-order chi connectivity index (χ0) is 19.8. The van der Waals surface area contributed by atoms with E-state index in [4.69, 9.17) is 0 Å². The number of Topliss-reactive ketones (excluding diaryl/α,β-unsaturated/α-hetero) is 1. The number of carbonyl (C=O) groups is 3. The molecule has 0 saturated heterocycles. The molecule has 27 heavy (non-hydrogen) atoms. The Kier molecular flexibility index (Phi) is 3.94. The molecule has 8 atom stereocenters. The third-order valence-electron chi connectivity index (χ3n) is 8.20. The van der Waals surface area contributed by atoms with Crippen molar-refractivity contribution in [1.82, 2.24) is 0 Å². The van der Waals surface area contributed by atoms with Crippen molar-refractivity contribution in [2.45, 2.75) is 57.3 Å². The molecule has 3 fully saturated rings. The van der Waals surface area contributed by atoms with Crippen LogP contribution in [0.25, 0.3) is 0 Å². The van der Waals surface area contributed by atoms with Crippen molar-refractivity contribution in [3.8, 4) is 0 Å². The summed E-state index contributed by atoms with van der Waals surface area (Å²) in [5, 5.41) is 32.8. The van der Waals surface area contributed by atoms with Gasteiger partial charge >= 0.3 is 0 Å². The fraction of sp³-hybridized carbons (Fsp3) is 0.667. The predicted molar refractivity (Wildman–Crippen MR) is 95.4 cm³/mol. The summed E-state index contributed by atoms with van der Waals surface area (Å²) in [7, 11) is 0. The quantitative estimate of drug-likeness (QED) is 0.485. The van der Waals surface area contributed by atoms with E-state index in [1.165, 1.54) is 0 Å². The van der Waals surface area contributed by atoms with Gasteiger partial charge in [-0.05, 0) is 49.7 Å². The summed E-state index contributed by atoms with van der Waals surface area (Å²) in [6, 6.07) is 0. The van der Waals surface area contributed by atoms with Gasteiger partial charge in [-0.3, -0.25) is 14.4 Å². The number of aliphatic hydroxyl groups is 3. The van der Waals surface area contributed by atoms with E-state index < -0.39 is 34.4 Å². The standard InChI is InChI=1S/C21H26O6/c1-19-6-5-12(23)7-11(19)3-4-13-14-8-16(25)21(27,17(26)10-22)20(14,2)9-15(24)18(13)19/h5-7,10,13-16,18,24-25,27H,3-4,8-9H2,1-2H3/t13-,14-,15-,16+,18+,19-,20-,21-/m0/s1. The molecule has 4 aliphatic rings. The van der Waals surface area contributed by atoms with Gasteiger partial charge in [0.15, 0.2) is 17.7 Å². The minimum absolute atomic E-state index is 0.0260. The second kappa shape index (κ2) is 5.69. The maximum absolute atomic E-state index is 12.3. The number of ketones is 2. The molecule has 4 aliphatic carbocycles. The molecule has 0 aromatic heterocycles. The second-order valence-electron chi connectivity index (χ2n) is 9.21. The molecule has 0 unspecified atom stereocenters. The van der Waals surface area contributed by atoms with Gasteiger partial charge < -0.3 is 15.3 Å². The van der Waals surface area contributed by atoms with Crippen molar-refractivity contribution in [3.05, 3.63) is 23.8 Å². The zero-order valence-corrected chi connectivity index (χ0v) is 15.6. The average Bonchev–Trinajstić information content (AvgIpc) is 2.82. The molecule has 0 aromatic carbocycles. The van der Waals surface area contributed by atoms with Crippen LogP contribution in [0.15, 0.2) is 23.8 Å². The van der Waals surface area contributed by atoms with E-state index in [0.717, 1.165) is 5.57 Å². The molecule has 3 saturated carbocycles. The molecule has 0 amide bonds. The van der Waals surface area contributed by atoms with Crippen LogP contribution >= 0.6 is 0 Å². The summed E-state index contributed by atoms with van der Waals surface area (Å²) in [6.45, 7) is 3.74. The van der Waals surface area contributed by atoms with Crippen LogP contribution in [0, 0.1) is 28.6 Å². The number of hydrogen-bond donors (Lipinski definition) is 3. The van der Waals surface area contributed by atoms with Gasteiger partial charge in [0.2, 0.25) is 5.78 Å². The van der Waals surface area contributed by atoms with Crippen LogP contribution in [0.4, 0.5) is 0 Å². The zero-order valence-electron chi connectivity index (χ0n) is 15.6. The normalized spacial score (nSPS) is 51.1. The molecule has 6 heteroatoms. The topological polar surface area (TPSA) is 112 Å². The van der Waals surface area contributed by atoms with Crippen molar-refractivity contribution >= 4 is 17.9 Å². The molecule has 0 radical (unpaired) electrons. The Hall–Kier alpha value is -1.63. The highest BCUT2D eigenvalue weighted by molar-refractivity contribution is 6.29. The minimum atomic E-state index is -2.17. The summed E-state index contributed by atoms with van der Waals surface area (Å²) in [6.07, 6.45) is 4.76. The summed E-state index contributed by atoms with van der Waals surface area (Å²) in [5.41, 5.74) is -2.69. The van der Waals surface area contributed by atoms with Gasteiger partial charge in [0.25, 0.3) is 0 Å². The third-order valence-corrected chi connectivity index (χ3v) is 8.20. The van der Waals surface area contributed by atoms with Crippen LogP contribution in [-0.2, 0) is 14.4 Å². The van der Waals surface area contributed by atoms with Gasteiger partial charge in [0.05, 0.1) is 12.2 Å². The Morgan fingerprint density at radius 2 is 2.00 bits per heavy atom. The predicted octanol–water partition coefficient (Wildman–Crippen LogP) is 0.735. The van der Waals surface area contributed by atoms with Crippen LogP contribution < -0.4 is 0 Å². The first-order valence-electron chi connectivity index (χ1n) is 9.62. The molecule has 0 aliphatic heterocycles. The van der Waals surface area contributed by atoms with Crippen LogP contribution in [0.5, 0.6) is 0 Å². The molecule has 4 rings (SSSR count). The van der Waals surface area contributed by atoms with Gasteiger partial charge in [-0.2, -0.15) is 0 Å². The lowest BCUT2D eigenvalue weighted by molar-refractivity contribution is -0.187. The summed E-state index contributed by atoms with van der Waals surface area (Å²) >= 11 is 0. The number of aliphatic hydroxyl groups excluding tert-OH is 2. The van der Waals surface area contributed by atoms with Crippen molar-refractivity contribution in [1.29, 1.82) is 0 Å². The van der Waals surface area contributed by atoms with E-state index in [1.807, 2.05) is 13.0 Å². The van der Waals surface area contributed by atoms with Crippen molar-refractivity contribution < 1.29 is 29.7 Å². The SMILES string of the molecule is C[C@]12C=CC(=O)C=C1CC[C@@H]1[C@@H]2[C@@H](O)C[C@@]2(C)[C@H]1C[C@@H](O)[C@]2(O)C(=O)C=O. The first-order valence-corrected chi connectivity index (χ1v) is 9.62. The van der Waals surface area contributed by atoms with Crippen molar-refractivity contribution in [2.24, 2.45) is 28.6 Å². The average molecular weight is 374 g/mol. The highest BCUT2D eigenvalue weighted by Gasteiger charge is 2.71. The van der Waals surface area contributed by atoms with Crippen LogP contribution in [-0.4, -0.2) is 51.0 Å². The first-order chi connectivity index (χ1) is 12.6. The largest absolute Gasteiger partial charge is 0.393 e. The molecule has 3 N–H and O–H groups in total. The molecule has 0 spiro atoms. The van der Waals surface area contributed by atoms with Gasteiger partial charge in [-0.15, -0.1) is 0 Å². The number of carbonyl (C=O) groups excluding carboxylic acids is 3.